The number of ether oxygens (including phenoxy) is 2. The van der Waals surface area contributed by atoms with Gasteiger partial charge < -0.3 is 20.5 Å². The second kappa shape index (κ2) is 7.51. The average molecular weight is 386 g/mol. The number of hydrogen-bond acceptors (Lipinski definition) is 5. The third-order valence-corrected chi connectivity index (χ3v) is 4.08. The standard InChI is InChI=1S/C19H16ClN3O4/c1-10(24)23-15-4-3-11(7-14(15)20)27-17-5-6-22-16-9-18(26-2)13(19(21)25)8-12(16)17/h3-9H,1-2H3,(H2,21,25)(H,23,24). The van der Waals surface area contributed by atoms with Crippen LogP contribution in [0.1, 0.15) is 17.3 Å². The summed E-state index contributed by atoms with van der Waals surface area (Å²) >= 11 is 6.18. The van der Waals surface area contributed by atoms with E-state index in [4.69, 9.17) is 26.8 Å². The van der Waals surface area contributed by atoms with Gasteiger partial charge in [0, 0.05) is 30.6 Å². The molecule has 0 unspecified atom stereocenters. The van der Waals surface area contributed by atoms with Crippen LogP contribution in [0.3, 0.4) is 0 Å². The lowest BCUT2D eigenvalue weighted by Crippen LogP contribution is -2.12. The van der Waals surface area contributed by atoms with Gasteiger partial charge in [0.25, 0.3) is 5.91 Å². The molecule has 3 N–H and O–H groups in total. The van der Waals surface area contributed by atoms with E-state index in [9.17, 15) is 9.59 Å². The van der Waals surface area contributed by atoms with Gasteiger partial charge in [-0.1, -0.05) is 11.6 Å². The topological polar surface area (TPSA) is 104 Å². The van der Waals surface area contributed by atoms with Crippen LogP contribution < -0.4 is 20.5 Å². The molecule has 8 heteroatoms. The fourth-order valence-electron chi connectivity index (χ4n) is 2.58. The predicted molar refractivity (Wildman–Crippen MR) is 103 cm³/mol. The van der Waals surface area contributed by atoms with Gasteiger partial charge in [0.1, 0.15) is 17.2 Å². The number of halogens is 1. The molecule has 1 heterocycles. The number of nitrogens with two attached hydrogens (primary N) is 1. The maximum absolute atomic E-state index is 11.7. The van der Waals surface area contributed by atoms with E-state index in [0.29, 0.717) is 38.9 Å². The minimum Gasteiger partial charge on any atom is -0.496 e. The van der Waals surface area contributed by atoms with Crippen molar-refractivity contribution in [3.63, 3.8) is 0 Å². The van der Waals surface area contributed by atoms with E-state index in [1.54, 1.807) is 42.6 Å². The Morgan fingerprint density at radius 2 is 1.93 bits per heavy atom. The van der Waals surface area contributed by atoms with E-state index in [1.807, 2.05) is 0 Å². The molecule has 0 aliphatic rings. The second-order valence-corrected chi connectivity index (χ2v) is 6.08. The van der Waals surface area contributed by atoms with Crippen LogP contribution >= 0.6 is 11.6 Å². The van der Waals surface area contributed by atoms with Gasteiger partial charge in [-0.25, -0.2) is 0 Å². The zero-order chi connectivity index (χ0) is 19.6. The van der Waals surface area contributed by atoms with Crippen molar-refractivity contribution in [1.82, 2.24) is 4.98 Å². The normalized spacial score (nSPS) is 10.5. The van der Waals surface area contributed by atoms with Crippen LogP contribution in [0.15, 0.2) is 42.6 Å². The number of nitrogens with one attached hydrogen (secondary N) is 1. The van der Waals surface area contributed by atoms with Gasteiger partial charge in [-0.15, -0.1) is 0 Å². The first kappa shape index (κ1) is 18.5. The Kier molecular flexibility index (Phi) is 5.14. The average Bonchev–Trinajstić information content (AvgIpc) is 2.62. The van der Waals surface area contributed by atoms with Crippen LogP contribution in [0.4, 0.5) is 5.69 Å². The summed E-state index contributed by atoms with van der Waals surface area (Å²) in [5.74, 6) is 0.416. The van der Waals surface area contributed by atoms with Crippen LogP contribution in [0.5, 0.6) is 17.2 Å². The number of benzene rings is 2. The van der Waals surface area contributed by atoms with E-state index in [1.165, 1.54) is 14.0 Å². The molecule has 2 aromatic carbocycles. The number of carbonyl (C=O) groups is 2. The summed E-state index contributed by atoms with van der Waals surface area (Å²) in [7, 11) is 1.45. The van der Waals surface area contributed by atoms with E-state index >= 15 is 0 Å². The molecular formula is C19H16ClN3O4. The maximum Gasteiger partial charge on any atom is 0.252 e. The van der Waals surface area contributed by atoms with Gasteiger partial charge in [-0.3, -0.25) is 14.6 Å². The van der Waals surface area contributed by atoms with Gasteiger partial charge in [0.05, 0.1) is 28.9 Å². The molecular weight excluding hydrogens is 370 g/mol. The molecule has 27 heavy (non-hydrogen) atoms. The Morgan fingerprint density at radius 1 is 1.15 bits per heavy atom. The summed E-state index contributed by atoms with van der Waals surface area (Å²) in [4.78, 5) is 27.1. The summed E-state index contributed by atoms with van der Waals surface area (Å²) in [6.45, 7) is 1.40. The number of carbonyl (C=O) groups excluding carboxylic acids is 2. The van der Waals surface area contributed by atoms with Crippen molar-refractivity contribution in [3.05, 3.63) is 53.2 Å². The number of fused-ring (bicyclic) bond motifs is 1. The van der Waals surface area contributed by atoms with Crippen molar-refractivity contribution in [2.75, 3.05) is 12.4 Å². The van der Waals surface area contributed by atoms with Crippen molar-refractivity contribution < 1.29 is 19.1 Å². The third-order valence-electron chi connectivity index (χ3n) is 3.77. The number of aromatic nitrogens is 1. The summed E-state index contributed by atoms with van der Waals surface area (Å²) in [5, 5.41) is 3.55. The molecule has 1 aromatic heterocycles. The molecule has 0 fully saturated rings. The summed E-state index contributed by atoms with van der Waals surface area (Å²) in [6, 6.07) is 9.75. The van der Waals surface area contributed by atoms with Crippen LogP contribution in [0, 0.1) is 0 Å². The van der Waals surface area contributed by atoms with E-state index < -0.39 is 5.91 Å². The minimum absolute atomic E-state index is 0.223. The molecule has 3 rings (SSSR count). The zero-order valence-electron chi connectivity index (χ0n) is 14.6. The molecule has 0 aliphatic carbocycles. The number of methoxy groups -OCH3 is 1. The fourth-order valence-corrected chi connectivity index (χ4v) is 2.79. The highest BCUT2D eigenvalue weighted by molar-refractivity contribution is 6.33. The molecule has 7 nitrogen and oxygen atoms in total. The van der Waals surface area contributed by atoms with Crippen molar-refractivity contribution in [1.29, 1.82) is 0 Å². The molecule has 138 valence electrons. The quantitative estimate of drug-likeness (QED) is 0.696. The molecule has 0 saturated carbocycles. The van der Waals surface area contributed by atoms with Crippen molar-refractivity contribution in [2.45, 2.75) is 6.92 Å². The number of hydrogen-bond donors (Lipinski definition) is 2. The smallest absolute Gasteiger partial charge is 0.252 e. The van der Waals surface area contributed by atoms with Gasteiger partial charge in [0.2, 0.25) is 5.91 Å². The first-order valence-electron chi connectivity index (χ1n) is 7.90. The molecule has 0 bridgehead atoms. The SMILES string of the molecule is COc1cc2nccc(Oc3ccc(NC(C)=O)c(Cl)c3)c2cc1C(N)=O. The molecule has 3 aromatic rings. The Balaban J connectivity index is 2.02. The van der Waals surface area contributed by atoms with Crippen LogP contribution in [0.25, 0.3) is 10.9 Å². The van der Waals surface area contributed by atoms with Crippen molar-refractivity contribution in [2.24, 2.45) is 5.73 Å². The second-order valence-electron chi connectivity index (χ2n) is 5.67. The highest BCUT2D eigenvalue weighted by Gasteiger charge is 2.14. The lowest BCUT2D eigenvalue weighted by atomic mass is 10.1. The summed E-state index contributed by atoms with van der Waals surface area (Å²) < 4.78 is 11.1. The van der Waals surface area contributed by atoms with Gasteiger partial charge >= 0.3 is 0 Å². The monoisotopic (exact) mass is 385 g/mol. The maximum atomic E-state index is 11.7. The fraction of sp³-hybridized carbons (Fsp3) is 0.105. The third kappa shape index (κ3) is 3.93. The summed E-state index contributed by atoms with van der Waals surface area (Å²) in [6.07, 6.45) is 1.58. The number of pyridine rings is 1. The number of anilines is 1. The number of nitrogens with zero attached hydrogens (tertiary/aromatic N) is 1. The number of rotatable bonds is 5. The van der Waals surface area contributed by atoms with E-state index in [-0.39, 0.29) is 11.5 Å². The zero-order valence-corrected chi connectivity index (χ0v) is 15.3. The van der Waals surface area contributed by atoms with E-state index in [2.05, 4.69) is 10.3 Å². The lowest BCUT2D eigenvalue weighted by Gasteiger charge is -2.13. The number of amides is 2. The van der Waals surface area contributed by atoms with Crippen LogP contribution in [0.2, 0.25) is 5.02 Å². The largest absolute Gasteiger partial charge is 0.496 e. The molecule has 2 amide bonds. The number of primary amides is 1. The van der Waals surface area contributed by atoms with Gasteiger partial charge in [0.15, 0.2) is 0 Å². The molecule has 0 radical (unpaired) electrons. The van der Waals surface area contributed by atoms with Gasteiger partial charge in [-0.05, 0) is 24.3 Å². The molecule has 0 spiro atoms. The summed E-state index contributed by atoms with van der Waals surface area (Å²) in [5.41, 5.74) is 6.71. The first-order chi connectivity index (χ1) is 12.9. The van der Waals surface area contributed by atoms with Crippen molar-refractivity contribution >= 4 is 40.0 Å². The van der Waals surface area contributed by atoms with E-state index in [0.717, 1.165) is 0 Å². The highest BCUT2D eigenvalue weighted by Crippen LogP contribution is 2.35. The molecule has 0 atom stereocenters. The van der Waals surface area contributed by atoms with Crippen molar-refractivity contribution in [3.8, 4) is 17.2 Å². The predicted octanol–water partition coefficient (Wildman–Crippen LogP) is 3.75. The van der Waals surface area contributed by atoms with Gasteiger partial charge in [-0.2, -0.15) is 0 Å². The highest BCUT2D eigenvalue weighted by atomic mass is 35.5. The van der Waals surface area contributed by atoms with Crippen LogP contribution in [-0.2, 0) is 4.79 Å². The molecule has 0 aliphatic heterocycles. The van der Waals surface area contributed by atoms with Crippen LogP contribution in [-0.4, -0.2) is 23.9 Å². The molecule has 0 saturated heterocycles. The first-order valence-corrected chi connectivity index (χ1v) is 8.28. The Morgan fingerprint density at radius 3 is 2.56 bits per heavy atom. The minimum atomic E-state index is -0.619. The Bertz CT molecular complexity index is 1050. The lowest BCUT2D eigenvalue weighted by molar-refractivity contribution is -0.114. The Labute approximate surface area is 160 Å². The Hall–Kier alpha value is -3.32.